The van der Waals surface area contributed by atoms with E-state index >= 15 is 0 Å². The summed E-state index contributed by atoms with van der Waals surface area (Å²) in [6.45, 7) is 32.0. The van der Waals surface area contributed by atoms with Crippen molar-refractivity contribution in [3.8, 4) is 0 Å². The summed E-state index contributed by atoms with van der Waals surface area (Å²) in [4.78, 5) is 0. The maximum Gasteiger partial charge on any atom is 0.0656 e. The van der Waals surface area contributed by atoms with Crippen LogP contribution in [0.5, 0.6) is 0 Å². The standard InChI is InChI=1S/C28H48O/c1-15-13-22-26(10,14-29-22)24-21(7)28(12)20(6)16(2)17(3)23(25(28,8)9)18(4)19(5)27(15,24)11/h15-16,18-22,24H,13-14H2,1-12H3/t15?,16?,18?,19?,20?,21?,22-,24?,26-,27?,28+/m1/s1. The van der Waals surface area contributed by atoms with Crippen molar-refractivity contribution in [1.29, 1.82) is 0 Å². The smallest absolute Gasteiger partial charge is 0.0656 e. The van der Waals surface area contributed by atoms with Crippen LogP contribution in [0.15, 0.2) is 11.1 Å². The summed E-state index contributed by atoms with van der Waals surface area (Å²) in [6, 6.07) is 0. The van der Waals surface area contributed by atoms with Crippen LogP contribution in [0.2, 0.25) is 0 Å². The fourth-order valence-corrected chi connectivity index (χ4v) is 10.1. The Morgan fingerprint density at radius 1 is 0.793 bits per heavy atom. The molecule has 1 heterocycles. The normalized spacial score (nSPS) is 59.2. The van der Waals surface area contributed by atoms with Gasteiger partial charge in [0.2, 0.25) is 0 Å². The monoisotopic (exact) mass is 400 g/mol. The fraction of sp³-hybridized carbons (Fsp3) is 0.929. The highest BCUT2D eigenvalue weighted by Crippen LogP contribution is 2.74. The van der Waals surface area contributed by atoms with Gasteiger partial charge in [-0.05, 0) is 71.0 Å². The van der Waals surface area contributed by atoms with Gasteiger partial charge in [0.05, 0.1) is 12.7 Å². The maximum atomic E-state index is 6.23. The minimum Gasteiger partial charge on any atom is -0.377 e. The largest absolute Gasteiger partial charge is 0.377 e. The topological polar surface area (TPSA) is 9.23 Å². The Balaban J connectivity index is 2.03. The lowest BCUT2D eigenvalue weighted by atomic mass is 9.33. The Labute approximate surface area is 181 Å². The van der Waals surface area contributed by atoms with Gasteiger partial charge in [-0.2, -0.15) is 0 Å². The number of fused-ring (bicyclic) bond motifs is 5. The molecule has 0 aromatic carbocycles. The van der Waals surface area contributed by atoms with Crippen LogP contribution in [0.4, 0.5) is 0 Å². The van der Waals surface area contributed by atoms with E-state index in [4.69, 9.17) is 4.74 Å². The van der Waals surface area contributed by atoms with Crippen molar-refractivity contribution in [2.45, 2.75) is 95.6 Å². The van der Waals surface area contributed by atoms with Gasteiger partial charge in [-0.1, -0.05) is 87.3 Å². The first-order chi connectivity index (χ1) is 13.2. The van der Waals surface area contributed by atoms with Crippen molar-refractivity contribution >= 4 is 0 Å². The number of rotatable bonds is 0. The van der Waals surface area contributed by atoms with Crippen LogP contribution in [-0.2, 0) is 4.74 Å². The summed E-state index contributed by atoms with van der Waals surface area (Å²) in [7, 11) is 0. The predicted octanol–water partition coefficient (Wildman–Crippen LogP) is 7.61. The molecule has 0 radical (unpaired) electrons. The summed E-state index contributed by atoms with van der Waals surface area (Å²) in [5.74, 6) is 4.81. The van der Waals surface area contributed by atoms with Crippen molar-refractivity contribution < 1.29 is 4.74 Å². The molecule has 166 valence electrons. The van der Waals surface area contributed by atoms with Crippen LogP contribution in [-0.4, -0.2) is 12.7 Å². The van der Waals surface area contributed by atoms with Crippen LogP contribution in [0, 0.1) is 63.1 Å². The van der Waals surface area contributed by atoms with Crippen molar-refractivity contribution in [3.05, 3.63) is 11.1 Å². The maximum absolute atomic E-state index is 6.23. The molecule has 8 unspecified atom stereocenters. The Morgan fingerprint density at radius 2 is 1.38 bits per heavy atom. The number of hydrogen-bond acceptors (Lipinski definition) is 1. The van der Waals surface area contributed by atoms with Gasteiger partial charge in [0.25, 0.3) is 0 Å². The van der Waals surface area contributed by atoms with E-state index < -0.39 is 0 Å². The van der Waals surface area contributed by atoms with E-state index in [1.165, 1.54) is 6.42 Å². The van der Waals surface area contributed by atoms with Gasteiger partial charge in [0, 0.05) is 5.41 Å². The fourth-order valence-electron chi connectivity index (χ4n) is 10.1. The van der Waals surface area contributed by atoms with Crippen LogP contribution in [0.1, 0.15) is 89.5 Å². The zero-order chi connectivity index (χ0) is 21.9. The molecule has 4 aliphatic rings. The first-order valence-electron chi connectivity index (χ1n) is 12.5. The quantitative estimate of drug-likeness (QED) is 0.380. The van der Waals surface area contributed by atoms with Gasteiger partial charge in [0.15, 0.2) is 0 Å². The first-order valence-corrected chi connectivity index (χ1v) is 12.5. The van der Waals surface area contributed by atoms with Crippen LogP contribution in [0.3, 0.4) is 0 Å². The summed E-state index contributed by atoms with van der Waals surface area (Å²) < 4.78 is 6.23. The molecule has 0 amide bonds. The van der Waals surface area contributed by atoms with Gasteiger partial charge in [-0.3, -0.25) is 0 Å². The molecule has 0 aromatic rings. The molecule has 1 nitrogen and oxygen atoms in total. The van der Waals surface area contributed by atoms with E-state index in [0.29, 0.717) is 63.8 Å². The molecule has 2 bridgehead atoms. The van der Waals surface area contributed by atoms with Crippen LogP contribution >= 0.6 is 0 Å². The van der Waals surface area contributed by atoms with Gasteiger partial charge >= 0.3 is 0 Å². The second-order valence-electron chi connectivity index (χ2n) is 13.2. The summed E-state index contributed by atoms with van der Waals surface area (Å²) >= 11 is 0. The van der Waals surface area contributed by atoms with Gasteiger partial charge in [0.1, 0.15) is 0 Å². The number of allylic oxidation sites excluding steroid dienone is 2. The molecular formula is C28H48O. The number of hydrogen-bond donors (Lipinski definition) is 0. The van der Waals surface area contributed by atoms with E-state index in [1.54, 1.807) is 11.1 Å². The second-order valence-corrected chi connectivity index (χ2v) is 13.2. The van der Waals surface area contributed by atoms with Crippen LogP contribution in [0.25, 0.3) is 0 Å². The third-order valence-electron chi connectivity index (χ3n) is 12.8. The lowest BCUT2D eigenvalue weighted by Gasteiger charge is -2.73. The molecule has 1 saturated heterocycles. The summed E-state index contributed by atoms with van der Waals surface area (Å²) in [6.07, 6.45) is 1.72. The van der Waals surface area contributed by atoms with Crippen molar-refractivity contribution in [2.24, 2.45) is 63.1 Å². The van der Waals surface area contributed by atoms with Gasteiger partial charge < -0.3 is 4.74 Å². The average molecular weight is 401 g/mol. The molecule has 1 heteroatoms. The molecule has 29 heavy (non-hydrogen) atoms. The third kappa shape index (κ3) is 2.22. The molecule has 4 rings (SSSR count). The predicted molar refractivity (Wildman–Crippen MR) is 124 cm³/mol. The molecule has 0 N–H and O–H groups in total. The minimum absolute atomic E-state index is 0.231. The second kappa shape index (κ2) is 6.14. The molecule has 3 fully saturated rings. The Morgan fingerprint density at radius 3 is 1.90 bits per heavy atom. The van der Waals surface area contributed by atoms with Gasteiger partial charge in [-0.15, -0.1) is 0 Å². The SMILES string of the molecule is CC1=C2C(C)C(C)C3(C)C(C)C[C@H]4OC[C@@]4(C)C3C(C)[C@](C)(C(C)C1C)C2(C)C. The lowest BCUT2D eigenvalue weighted by molar-refractivity contribution is -0.303. The van der Waals surface area contributed by atoms with Crippen molar-refractivity contribution in [1.82, 2.24) is 0 Å². The summed E-state index contributed by atoms with van der Waals surface area (Å²) in [5, 5.41) is 0. The molecule has 11 atom stereocenters. The molecule has 0 spiro atoms. The third-order valence-corrected chi connectivity index (χ3v) is 12.8. The number of ether oxygens (including phenoxy) is 1. The van der Waals surface area contributed by atoms with Crippen LogP contribution < -0.4 is 0 Å². The molecule has 0 aromatic heterocycles. The van der Waals surface area contributed by atoms with E-state index in [2.05, 4.69) is 83.1 Å². The van der Waals surface area contributed by atoms with Gasteiger partial charge in [-0.25, -0.2) is 0 Å². The molecule has 2 saturated carbocycles. The highest BCUT2D eigenvalue weighted by Gasteiger charge is 2.70. The van der Waals surface area contributed by atoms with E-state index in [1.807, 2.05) is 0 Å². The summed E-state index contributed by atoms with van der Waals surface area (Å²) in [5.41, 5.74) is 4.72. The lowest BCUT2D eigenvalue weighted by Crippen LogP contribution is -2.71. The average Bonchev–Trinajstić information content (AvgIpc) is 2.65. The zero-order valence-electron chi connectivity index (χ0n) is 21.4. The molecule has 1 aliphatic heterocycles. The first kappa shape index (κ1) is 21.9. The highest BCUT2D eigenvalue weighted by molar-refractivity contribution is 5.35. The minimum atomic E-state index is 0.231. The Kier molecular flexibility index (Phi) is 4.64. The Hall–Kier alpha value is -0.300. The van der Waals surface area contributed by atoms with Crippen molar-refractivity contribution in [2.75, 3.05) is 6.61 Å². The van der Waals surface area contributed by atoms with E-state index in [-0.39, 0.29) is 5.41 Å². The van der Waals surface area contributed by atoms with Crippen molar-refractivity contribution in [3.63, 3.8) is 0 Å². The molecule has 3 aliphatic carbocycles. The van der Waals surface area contributed by atoms with E-state index in [9.17, 15) is 0 Å². The van der Waals surface area contributed by atoms with E-state index in [0.717, 1.165) is 6.61 Å². The zero-order valence-corrected chi connectivity index (χ0v) is 21.4. The highest BCUT2D eigenvalue weighted by atomic mass is 16.5. The molecular weight excluding hydrogens is 352 g/mol. The Bertz CT molecular complexity index is 733.